The summed E-state index contributed by atoms with van der Waals surface area (Å²) in [6.07, 6.45) is 9.23. The lowest BCUT2D eigenvalue weighted by Gasteiger charge is -2.49. The molecule has 3 unspecified atom stereocenters. The van der Waals surface area contributed by atoms with Crippen LogP contribution in [0.1, 0.15) is 92.9 Å². The van der Waals surface area contributed by atoms with Crippen molar-refractivity contribution in [3.8, 4) is 0 Å². The average molecular weight is 324 g/mol. The highest BCUT2D eigenvalue weighted by molar-refractivity contribution is 5.83. The van der Waals surface area contributed by atoms with E-state index in [1.54, 1.807) is 0 Å². The molecule has 1 aliphatic rings. The minimum atomic E-state index is -0.184. The SMILES string of the molecule is CCCC(=O)C(C)(C)CCC([C@H](C)CN)C1(C)CCCCC1C. The van der Waals surface area contributed by atoms with Gasteiger partial charge in [-0.1, -0.05) is 60.8 Å². The number of hydrogen-bond donors (Lipinski definition) is 1. The van der Waals surface area contributed by atoms with E-state index in [4.69, 9.17) is 5.73 Å². The molecular weight excluding hydrogens is 282 g/mol. The van der Waals surface area contributed by atoms with E-state index in [0.29, 0.717) is 23.0 Å². The maximum Gasteiger partial charge on any atom is 0.138 e. The smallest absolute Gasteiger partial charge is 0.138 e. The molecule has 0 radical (unpaired) electrons. The van der Waals surface area contributed by atoms with Crippen molar-refractivity contribution in [2.24, 2.45) is 34.3 Å². The first kappa shape index (κ1) is 20.7. The fraction of sp³-hybridized carbons (Fsp3) is 0.952. The molecule has 0 bridgehead atoms. The van der Waals surface area contributed by atoms with Gasteiger partial charge in [0.05, 0.1) is 0 Å². The van der Waals surface area contributed by atoms with Crippen molar-refractivity contribution < 1.29 is 4.79 Å². The normalized spacial score (nSPS) is 28.4. The molecule has 0 spiro atoms. The lowest BCUT2D eigenvalue weighted by atomic mass is 9.57. The van der Waals surface area contributed by atoms with Crippen LogP contribution in [0.4, 0.5) is 0 Å². The van der Waals surface area contributed by atoms with Gasteiger partial charge in [0.15, 0.2) is 0 Å². The van der Waals surface area contributed by atoms with Crippen molar-refractivity contribution in [3.05, 3.63) is 0 Å². The fourth-order valence-corrected chi connectivity index (χ4v) is 4.73. The number of Topliss-reactive ketones (excluding diaryl/α,β-unsaturated/α-hetero) is 1. The molecule has 0 aromatic carbocycles. The molecule has 1 aliphatic carbocycles. The zero-order chi connectivity index (χ0) is 17.7. The number of rotatable bonds is 9. The Hall–Kier alpha value is -0.370. The summed E-state index contributed by atoms with van der Waals surface area (Å²) in [5, 5.41) is 0. The first-order valence-electron chi connectivity index (χ1n) is 9.92. The molecule has 4 atom stereocenters. The molecule has 0 amide bonds. The second kappa shape index (κ2) is 8.65. The zero-order valence-electron chi connectivity index (χ0n) is 16.6. The van der Waals surface area contributed by atoms with Crippen LogP contribution in [0.15, 0.2) is 0 Å². The molecule has 136 valence electrons. The molecule has 0 heterocycles. The third-order valence-corrected chi connectivity index (χ3v) is 6.95. The Morgan fingerprint density at radius 1 is 1.35 bits per heavy atom. The predicted molar refractivity (Wildman–Crippen MR) is 100 cm³/mol. The van der Waals surface area contributed by atoms with Gasteiger partial charge < -0.3 is 5.73 Å². The number of ketones is 1. The maximum atomic E-state index is 12.4. The molecule has 23 heavy (non-hydrogen) atoms. The van der Waals surface area contributed by atoms with Crippen LogP contribution in [0.3, 0.4) is 0 Å². The third-order valence-electron chi connectivity index (χ3n) is 6.95. The summed E-state index contributed by atoms with van der Waals surface area (Å²) in [6, 6.07) is 0. The molecule has 0 aliphatic heterocycles. The second-order valence-corrected chi connectivity index (χ2v) is 9.07. The molecule has 0 aromatic heterocycles. The van der Waals surface area contributed by atoms with E-state index in [2.05, 4.69) is 41.5 Å². The Morgan fingerprint density at radius 2 is 2.00 bits per heavy atom. The first-order valence-corrected chi connectivity index (χ1v) is 9.92. The summed E-state index contributed by atoms with van der Waals surface area (Å²) in [4.78, 5) is 12.4. The molecular formula is C21H41NO. The van der Waals surface area contributed by atoms with Gasteiger partial charge in [-0.15, -0.1) is 0 Å². The van der Waals surface area contributed by atoms with Gasteiger partial charge in [-0.2, -0.15) is 0 Å². The molecule has 1 rings (SSSR count). The summed E-state index contributed by atoms with van der Waals surface area (Å²) in [6.45, 7) is 14.4. The molecule has 2 N–H and O–H groups in total. The van der Waals surface area contributed by atoms with Crippen molar-refractivity contribution in [1.82, 2.24) is 0 Å². The molecule has 1 saturated carbocycles. The zero-order valence-corrected chi connectivity index (χ0v) is 16.6. The predicted octanol–water partition coefficient (Wildman–Crippen LogP) is 5.59. The topological polar surface area (TPSA) is 43.1 Å². The molecule has 2 heteroatoms. The van der Waals surface area contributed by atoms with Gasteiger partial charge in [0.1, 0.15) is 5.78 Å². The number of carbonyl (C=O) groups is 1. The number of nitrogens with two attached hydrogens (primary N) is 1. The Balaban J connectivity index is 2.85. The quantitative estimate of drug-likeness (QED) is 0.601. The van der Waals surface area contributed by atoms with Crippen LogP contribution in [0.2, 0.25) is 0 Å². The average Bonchev–Trinajstić information content (AvgIpc) is 2.50. The highest BCUT2D eigenvalue weighted by Gasteiger charge is 2.43. The van der Waals surface area contributed by atoms with E-state index < -0.39 is 0 Å². The van der Waals surface area contributed by atoms with Crippen LogP contribution >= 0.6 is 0 Å². The van der Waals surface area contributed by atoms with Crippen molar-refractivity contribution >= 4 is 5.78 Å². The summed E-state index contributed by atoms with van der Waals surface area (Å²) < 4.78 is 0. The van der Waals surface area contributed by atoms with Crippen molar-refractivity contribution in [3.63, 3.8) is 0 Å². The van der Waals surface area contributed by atoms with Gasteiger partial charge in [0.2, 0.25) is 0 Å². The van der Waals surface area contributed by atoms with Gasteiger partial charge in [-0.05, 0) is 55.4 Å². The fourth-order valence-electron chi connectivity index (χ4n) is 4.73. The first-order chi connectivity index (χ1) is 10.7. The van der Waals surface area contributed by atoms with E-state index >= 15 is 0 Å². The summed E-state index contributed by atoms with van der Waals surface area (Å²) in [5.74, 6) is 2.37. The summed E-state index contributed by atoms with van der Waals surface area (Å²) in [5.41, 5.74) is 6.27. The molecule has 2 nitrogen and oxygen atoms in total. The number of carbonyl (C=O) groups excluding carboxylic acids is 1. The van der Waals surface area contributed by atoms with Gasteiger partial charge in [-0.3, -0.25) is 4.79 Å². The Bertz CT molecular complexity index is 376. The van der Waals surface area contributed by atoms with Gasteiger partial charge >= 0.3 is 0 Å². The summed E-state index contributed by atoms with van der Waals surface area (Å²) >= 11 is 0. The van der Waals surface area contributed by atoms with Crippen molar-refractivity contribution in [2.75, 3.05) is 6.54 Å². The minimum Gasteiger partial charge on any atom is -0.330 e. The van der Waals surface area contributed by atoms with Gasteiger partial charge in [-0.25, -0.2) is 0 Å². The van der Waals surface area contributed by atoms with Crippen molar-refractivity contribution in [2.45, 2.75) is 92.9 Å². The Morgan fingerprint density at radius 3 is 2.52 bits per heavy atom. The van der Waals surface area contributed by atoms with Gasteiger partial charge in [0.25, 0.3) is 0 Å². The molecule has 1 fully saturated rings. The van der Waals surface area contributed by atoms with Crippen LogP contribution in [0.5, 0.6) is 0 Å². The van der Waals surface area contributed by atoms with E-state index in [1.807, 2.05) is 0 Å². The Kier molecular flexibility index (Phi) is 7.77. The highest BCUT2D eigenvalue weighted by Crippen LogP contribution is 2.51. The van der Waals surface area contributed by atoms with Crippen molar-refractivity contribution in [1.29, 1.82) is 0 Å². The Labute approximate surface area is 145 Å². The third kappa shape index (κ3) is 5.05. The van der Waals surface area contributed by atoms with E-state index in [1.165, 1.54) is 25.7 Å². The van der Waals surface area contributed by atoms with Crippen LogP contribution in [-0.4, -0.2) is 12.3 Å². The van der Waals surface area contributed by atoms with Crippen LogP contribution in [-0.2, 0) is 4.79 Å². The molecule has 0 saturated heterocycles. The monoisotopic (exact) mass is 323 g/mol. The minimum absolute atomic E-state index is 0.184. The van der Waals surface area contributed by atoms with E-state index in [-0.39, 0.29) is 5.41 Å². The van der Waals surface area contributed by atoms with Crippen LogP contribution in [0, 0.1) is 28.6 Å². The van der Waals surface area contributed by atoms with Crippen LogP contribution in [0.25, 0.3) is 0 Å². The summed E-state index contributed by atoms with van der Waals surface area (Å²) in [7, 11) is 0. The second-order valence-electron chi connectivity index (χ2n) is 9.07. The highest BCUT2D eigenvalue weighted by atomic mass is 16.1. The van der Waals surface area contributed by atoms with E-state index in [0.717, 1.165) is 38.1 Å². The van der Waals surface area contributed by atoms with E-state index in [9.17, 15) is 4.79 Å². The number of hydrogen-bond acceptors (Lipinski definition) is 2. The lowest BCUT2D eigenvalue weighted by molar-refractivity contribution is -0.128. The van der Waals surface area contributed by atoms with Gasteiger partial charge in [0, 0.05) is 11.8 Å². The standard InChI is InChI=1S/C21H41NO/c1-7-10-19(23)20(4,5)14-12-18(16(2)15-22)21(6)13-9-8-11-17(21)3/h16-18H,7-15,22H2,1-6H3/t16-,17?,18?,21?/m1/s1. The van der Waals surface area contributed by atoms with Crippen LogP contribution < -0.4 is 5.73 Å². The molecule has 0 aromatic rings. The lowest BCUT2D eigenvalue weighted by Crippen LogP contribution is -2.42. The maximum absolute atomic E-state index is 12.4. The largest absolute Gasteiger partial charge is 0.330 e.